The molecule has 0 aliphatic carbocycles. The van der Waals surface area contributed by atoms with Crippen LogP contribution in [0, 0.1) is 5.82 Å². The van der Waals surface area contributed by atoms with E-state index in [1.807, 2.05) is 30.3 Å². The minimum atomic E-state index is -0.293. The first-order valence-electron chi connectivity index (χ1n) is 9.79. The van der Waals surface area contributed by atoms with E-state index in [2.05, 4.69) is 61.1 Å². The molecule has 0 atom stereocenters. The van der Waals surface area contributed by atoms with Gasteiger partial charge in [-0.2, -0.15) is 0 Å². The van der Waals surface area contributed by atoms with Gasteiger partial charge in [0.2, 0.25) is 0 Å². The number of rotatable bonds is 1. The van der Waals surface area contributed by atoms with Gasteiger partial charge in [-0.15, -0.1) is 0 Å². The van der Waals surface area contributed by atoms with E-state index in [-0.39, 0.29) is 11.2 Å². The molecule has 29 heavy (non-hydrogen) atoms. The Labute approximate surface area is 169 Å². The van der Waals surface area contributed by atoms with E-state index in [1.165, 1.54) is 17.3 Å². The average Bonchev–Trinajstić information content (AvgIpc) is 2.72. The smallest absolute Gasteiger partial charge is 0.157 e. The SMILES string of the molecule is CC(C)(C)c1cc(-c2ncnc3c(F)c4ccccc4cc23)cc2ccccc12. The second kappa shape index (κ2) is 6.35. The lowest BCUT2D eigenvalue weighted by molar-refractivity contribution is 0.596. The fourth-order valence-corrected chi connectivity index (χ4v) is 4.11. The summed E-state index contributed by atoms with van der Waals surface area (Å²) in [7, 11) is 0. The Morgan fingerprint density at radius 1 is 0.724 bits per heavy atom. The number of fused-ring (bicyclic) bond motifs is 3. The number of hydrogen-bond acceptors (Lipinski definition) is 2. The van der Waals surface area contributed by atoms with Crippen molar-refractivity contribution >= 4 is 32.4 Å². The highest BCUT2D eigenvalue weighted by atomic mass is 19.1. The molecule has 5 rings (SSSR count). The van der Waals surface area contributed by atoms with Crippen molar-refractivity contribution in [3.05, 3.63) is 84.4 Å². The first-order valence-corrected chi connectivity index (χ1v) is 9.79. The van der Waals surface area contributed by atoms with Gasteiger partial charge >= 0.3 is 0 Å². The summed E-state index contributed by atoms with van der Waals surface area (Å²) in [6.07, 6.45) is 1.46. The van der Waals surface area contributed by atoms with Crippen LogP contribution in [-0.2, 0) is 5.41 Å². The molecule has 142 valence electrons. The number of halogens is 1. The standard InChI is InChI=1S/C26H21FN2/c1-26(2,3)22-14-18(12-16-8-4-6-10-19(16)22)24-21-13-17-9-5-7-11-20(17)23(27)25(21)29-15-28-24/h4-15H,1-3H3. The van der Waals surface area contributed by atoms with Crippen LogP contribution in [0.1, 0.15) is 26.3 Å². The van der Waals surface area contributed by atoms with E-state index in [1.54, 1.807) is 6.07 Å². The van der Waals surface area contributed by atoms with Crippen LogP contribution in [0.5, 0.6) is 0 Å². The van der Waals surface area contributed by atoms with Gasteiger partial charge in [-0.25, -0.2) is 14.4 Å². The molecule has 0 fully saturated rings. The lowest BCUT2D eigenvalue weighted by Crippen LogP contribution is -2.12. The third-order valence-corrected chi connectivity index (χ3v) is 5.53. The zero-order valence-corrected chi connectivity index (χ0v) is 16.7. The van der Waals surface area contributed by atoms with Crippen molar-refractivity contribution in [1.82, 2.24) is 9.97 Å². The normalized spacial score (nSPS) is 12.1. The molecule has 3 heteroatoms. The second-order valence-electron chi connectivity index (χ2n) is 8.53. The van der Waals surface area contributed by atoms with Crippen molar-refractivity contribution < 1.29 is 4.39 Å². The van der Waals surface area contributed by atoms with Gasteiger partial charge in [-0.1, -0.05) is 69.3 Å². The largest absolute Gasteiger partial charge is 0.236 e. The minimum Gasteiger partial charge on any atom is -0.236 e. The van der Waals surface area contributed by atoms with Gasteiger partial charge in [-0.05, 0) is 45.3 Å². The first-order chi connectivity index (χ1) is 13.9. The quantitative estimate of drug-likeness (QED) is 0.291. The highest BCUT2D eigenvalue weighted by molar-refractivity contribution is 6.04. The molecule has 4 aromatic carbocycles. The molecule has 5 aromatic rings. The van der Waals surface area contributed by atoms with Crippen molar-refractivity contribution in [2.24, 2.45) is 0 Å². The molecule has 0 aliphatic rings. The summed E-state index contributed by atoms with van der Waals surface area (Å²) < 4.78 is 15.2. The summed E-state index contributed by atoms with van der Waals surface area (Å²) in [5.74, 6) is -0.293. The molecule has 0 amide bonds. The van der Waals surface area contributed by atoms with Crippen molar-refractivity contribution in [3.8, 4) is 11.3 Å². The maximum Gasteiger partial charge on any atom is 0.157 e. The van der Waals surface area contributed by atoms with Crippen molar-refractivity contribution in [2.45, 2.75) is 26.2 Å². The van der Waals surface area contributed by atoms with Crippen LogP contribution >= 0.6 is 0 Å². The summed E-state index contributed by atoms with van der Waals surface area (Å²) in [6.45, 7) is 6.64. The fourth-order valence-electron chi connectivity index (χ4n) is 4.11. The zero-order valence-electron chi connectivity index (χ0n) is 16.7. The van der Waals surface area contributed by atoms with Crippen LogP contribution in [0.2, 0.25) is 0 Å². The molecule has 0 unspecified atom stereocenters. The van der Waals surface area contributed by atoms with Crippen molar-refractivity contribution in [2.75, 3.05) is 0 Å². The van der Waals surface area contributed by atoms with Gasteiger partial charge < -0.3 is 0 Å². The van der Waals surface area contributed by atoms with E-state index in [0.29, 0.717) is 10.9 Å². The third-order valence-electron chi connectivity index (χ3n) is 5.53. The topological polar surface area (TPSA) is 25.8 Å². The first kappa shape index (κ1) is 17.7. The fraction of sp³-hybridized carbons (Fsp3) is 0.154. The molecule has 0 aliphatic heterocycles. The Morgan fingerprint density at radius 2 is 1.38 bits per heavy atom. The van der Waals surface area contributed by atoms with Gasteiger partial charge in [0.15, 0.2) is 5.82 Å². The summed E-state index contributed by atoms with van der Waals surface area (Å²) in [5, 5.41) is 4.56. The molecule has 0 N–H and O–H groups in total. The number of aromatic nitrogens is 2. The lowest BCUT2D eigenvalue weighted by Gasteiger charge is -2.23. The Balaban J connectivity index is 1.88. The maximum absolute atomic E-state index is 15.2. The average molecular weight is 380 g/mol. The molecule has 0 bridgehead atoms. The molecule has 1 heterocycles. The molecule has 0 saturated carbocycles. The summed E-state index contributed by atoms with van der Waals surface area (Å²) in [5.41, 5.74) is 3.32. The van der Waals surface area contributed by atoms with Gasteiger partial charge in [-0.3, -0.25) is 0 Å². The molecule has 0 spiro atoms. The highest BCUT2D eigenvalue weighted by Gasteiger charge is 2.20. The Hall–Kier alpha value is -3.33. The van der Waals surface area contributed by atoms with Crippen molar-refractivity contribution in [1.29, 1.82) is 0 Å². The maximum atomic E-state index is 15.2. The molecule has 1 aromatic heterocycles. The molecule has 0 radical (unpaired) electrons. The van der Waals surface area contributed by atoms with Gasteiger partial charge in [0.25, 0.3) is 0 Å². The third kappa shape index (κ3) is 2.85. The van der Waals surface area contributed by atoms with Crippen LogP contribution in [0.4, 0.5) is 4.39 Å². The molecular formula is C26H21FN2. The van der Waals surface area contributed by atoms with Crippen LogP contribution in [0.15, 0.2) is 73.1 Å². The van der Waals surface area contributed by atoms with Crippen molar-refractivity contribution in [3.63, 3.8) is 0 Å². The van der Waals surface area contributed by atoms with E-state index in [0.717, 1.165) is 27.4 Å². The van der Waals surface area contributed by atoms with Crippen LogP contribution in [0.3, 0.4) is 0 Å². The van der Waals surface area contributed by atoms with Gasteiger partial charge in [0.05, 0.1) is 5.69 Å². The van der Waals surface area contributed by atoms with E-state index in [4.69, 9.17) is 0 Å². The number of hydrogen-bond donors (Lipinski definition) is 0. The second-order valence-corrected chi connectivity index (χ2v) is 8.53. The summed E-state index contributed by atoms with van der Waals surface area (Å²) in [4.78, 5) is 8.84. The Bertz CT molecular complexity index is 1400. The van der Waals surface area contributed by atoms with Crippen LogP contribution < -0.4 is 0 Å². The molecular weight excluding hydrogens is 359 g/mol. The monoisotopic (exact) mass is 380 g/mol. The minimum absolute atomic E-state index is 0.0314. The van der Waals surface area contributed by atoms with Gasteiger partial charge in [0, 0.05) is 16.3 Å². The zero-order chi connectivity index (χ0) is 20.2. The number of benzene rings is 4. The Morgan fingerprint density at radius 3 is 2.10 bits per heavy atom. The van der Waals surface area contributed by atoms with Crippen LogP contribution in [0.25, 0.3) is 43.7 Å². The van der Waals surface area contributed by atoms with Crippen LogP contribution in [-0.4, -0.2) is 9.97 Å². The Kier molecular flexibility index (Phi) is 3.88. The molecule has 0 saturated heterocycles. The van der Waals surface area contributed by atoms with E-state index < -0.39 is 0 Å². The predicted molar refractivity (Wildman–Crippen MR) is 119 cm³/mol. The summed E-state index contributed by atoms with van der Waals surface area (Å²) in [6, 6.07) is 22.2. The van der Waals surface area contributed by atoms with E-state index >= 15 is 4.39 Å². The predicted octanol–water partition coefficient (Wildman–Crippen LogP) is 7.04. The lowest BCUT2D eigenvalue weighted by atomic mass is 9.82. The molecule has 2 nitrogen and oxygen atoms in total. The summed E-state index contributed by atoms with van der Waals surface area (Å²) >= 11 is 0. The van der Waals surface area contributed by atoms with E-state index in [9.17, 15) is 0 Å². The number of nitrogens with zero attached hydrogens (tertiary/aromatic N) is 2. The highest BCUT2D eigenvalue weighted by Crippen LogP contribution is 2.37. The van der Waals surface area contributed by atoms with Gasteiger partial charge in [0.1, 0.15) is 11.8 Å².